The molecule has 140 valence electrons. The second kappa shape index (κ2) is 7.67. The van der Waals surface area contributed by atoms with E-state index in [-0.39, 0.29) is 35.4 Å². The quantitative estimate of drug-likeness (QED) is 0.822. The van der Waals surface area contributed by atoms with Gasteiger partial charge in [-0.3, -0.25) is 14.4 Å². The van der Waals surface area contributed by atoms with E-state index in [1.165, 1.54) is 12.1 Å². The molecule has 2 aromatic carbocycles. The molecule has 0 aliphatic carbocycles. The topological polar surface area (TPSA) is 102 Å². The maximum absolute atomic E-state index is 12.5. The van der Waals surface area contributed by atoms with Crippen molar-refractivity contribution in [2.45, 2.75) is 6.42 Å². The van der Waals surface area contributed by atoms with Gasteiger partial charge in [0.2, 0.25) is 17.7 Å². The van der Waals surface area contributed by atoms with Crippen LogP contribution in [0.15, 0.2) is 42.5 Å². The number of amides is 3. The first-order valence-electron chi connectivity index (χ1n) is 8.23. The van der Waals surface area contributed by atoms with Gasteiger partial charge in [0.25, 0.3) is 0 Å². The molecule has 1 atom stereocenters. The number of halogens is 1. The standard InChI is InChI=1S/C19H18ClN3O4/c1-27-14-4-2-3-13(9-14)23-10-11(7-17(23)24)19(26)22-12-5-6-15(18(21)25)16(20)8-12/h2-6,8-9,11H,7,10H2,1H3,(H2,21,25)(H,22,26). The molecule has 2 aromatic rings. The molecule has 1 aliphatic rings. The van der Waals surface area contributed by atoms with Gasteiger partial charge in [-0.15, -0.1) is 0 Å². The number of methoxy groups -OCH3 is 1. The van der Waals surface area contributed by atoms with E-state index in [2.05, 4.69) is 5.32 Å². The molecule has 0 saturated carbocycles. The molecule has 0 radical (unpaired) electrons. The van der Waals surface area contributed by atoms with Gasteiger partial charge in [0.1, 0.15) is 5.75 Å². The van der Waals surface area contributed by atoms with Gasteiger partial charge in [-0.05, 0) is 30.3 Å². The minimum Gasteiger partial charge on any atom is -0.497 e. The molecule has 1 aliphatic heterocycles. The minimum absolute atomic E-state index is 0.107. The van der Waals surface area contributed by atoms with Gasteiger partial charge in [-0.2, -0.15) is 0 Å². The van der Waals surface area contributed by atoms with Crippen LogP contribution in [0.2, 0.25) is 5.02 Å². The smallest absolute Gasteiger partial charge is 0.250 e. The summed E-state index contributed by atoms with van der Waals surface area (Å²) >= 11 is 6.00. The summed E-state index contributed by atoms with van der Waals surface area (Å²) in [4.78, 5) is 37.7. The number of carbonyl (C=O) groups excluding carboxylic acids is 3. The van der Waals surface area contributed by atoms with Crippen molar-refractivity contribution in [1.82, 2.24) is 0 Å². The molecule has 1 fully saturated rings. The number of hydrogen-bond donors (Lipinski definition) is 2. The fourth-order valence-electron chi connectivity index (χ4n) is 2.95. The molecule has 0 bridgehead atoms. The fraction of sp³-hybridized carbons (Fsp3) is 0.211. The molecule has 8 heteroatoms. The maximum atomic E-state index is 12.5. The molecule has 1 unspecified atom stereocenters. The van der Waals surface area contributed by atoms with Crippen LogP contribution in [0.4, 0.5) is 11.4 Å². The van der Waals surface area contributed by atoms with Crippen molar-refractivity contribution >= 4 is 40.7 Å². The number of nitrogens with one attached hydrogen (secondary N) is 1. The van der Waals surface area contributed by atoms with E-state index in [1.54, 1.807) is 42.3 Å². The summed E-state index contributed by atoms with van der Waals surface area (Å²) < 4.78 is 5.18. The number of anilines is 2. The Labute approximate surface area is 161 Å². The van der Waals surface area contributed by atoms with Gasteiger partial charge in [0.15, 0.2) is 0 Å². The predicted octanol–water partition coefficient (Wildman–Crippen LogP) is 2.44. The minimum atomic E-state index is -0.645. The van der Waals surface area contributed by atoms with Gasteiger partial charge in [0, 0.05) is 30.4 Å². The Bertz CT molecular complexity index is 916. The van der Waals surface area contributed by atoms with E-state index in [0.717, 1.165) is 0 Å². The average molecular weight is 388 g/mol. The monoisotopic (exact) mass is 387 g/mol. The summed E-state index contributed by atoms with van der Waals surface area (Å²) in [6, 6.07) is 11.6. The molecular weight excluding hydrogens is 370 g/mol. The Morgan fingerprint density at radius 3 is 2.70 bits per heavy atom. The molecule has 7 nitrogen and oxygen atoms in total. The Morgan fingerprint density at radius 1 is 1.26 bits per heavy atom. The number of nitrogens with zero attached hydrogens (tertiary/aromatic N) is 1. The molecule has 1 saturated heterocycles. The number of rotatable bonds is 5. The largest absolute Gasteiger partial charge is 0.497 e. The molecule has 3 N–H and O–H groups in total. The molecule has 3 amide bonds. The summed E-state index contributed by atoms with van der Waals surface area (Å²) in [5, 5.41) is 2.88. The van der Waals surface area contributed by atoms with Crippen LogP contribution in [0.3, 0.4) is 0 Å². The maximum Gasteiger partial charge on any atom is 0.250 e. The third kappa shape index (κ3) is 4.03. The van der Waals surface area contributed by atoms with Crippen LogP contribution in [-0.2, 0) is 9.59 Å². The zero-order valence-corrected chi connectivity index (χ0v) is 15.3. The van der Waals surface area contributed by atoms with Crippen LogP contribution < -0.4 is 20.7 Å². The van der Waals surface area contributed by atoms with Crippen LogP contribution >= 0.6 is 11.6 Å². The average Bonchev–Trinajstić information content (AvgIpc) is 3.03. The zero-order valence-electron chi connectivity index (χ0n) is 14.6. The lowest BCUT2D eigenvalue weighted by Gasteiger charge is -2.17. The normalized spacial score (nSPS) is 16.3. The van der Waals surface area contributed by atoms with Crippen molar-refractivity contribution in [1.29, 1.82) is 0 Å². The molecule has 1 heterocycles. The highest BCUT2D eigenvalue weighted by Crippen LogP contribution is 2.29. The number of nitrogens with two attached hydrogens (primary N) is 1. The number of primary amides is 1. The second-order valence-corrected chi connectivity index (χ2v) is 6.56. The number of benzene rings is 2. The van der Waals surface area contributed by atoms with Crippen LogP contribution in [0, 0.1) is 5.92 Å². The molecule has 3 rings (SSSR count). The molecular formula is C19H18ClN3O4. The predicted molar refractivity (Wildman–Crippen MR) is 102 cm³/mol. The fourth-order valence-corrected chi connectivity index (χ4v) is 3.22. The highest BCUT2D eigenvalue weighted by molar-refractivity contribution is 6.34. The Balaban J connectivity index is 1.70. The lowest BCUT2D eigenvalue weighted by atomic mass is 10.1. The summed E-state index contributed by atoms with van der Waals surface area (Å²) in [6.45, 7) is 0.269. The SMILES string of the molecule is COc1cccc(N2CC(C(=O)Nc3ccc(C(N)=O)c(Cl)c3)CC2=O)c1. The molecule has 0 spiro atoms. The summed E-state index contributed by atoms with van der Waals surface area (Å²) in [7, 11) is 1.55. The van der Waals surface area contributed by atoms with E-state index in [1.807, 2.05) is 0 Å². The second-order valence-electron chi connectivity index (χ2n) is 6.15. The number of carbonyl (C=O) groups is 3. The molecule has 27 heavy (non-hydrogen) atoms. The number of ether oxygens (including phenoxy) is 1. The summed E-state index contributed by atoms with van der Waals surface area (Å²) in [5.74, 6) is -0.939. The van der Waals surface area contributed by atoms with E-state index >= 15 is 0 Å². The van der Waals surface area contributed by atoms with Crippen molar-refractivity contribution in [3.63, 3.8) is 0 Å². The van der Waals surface area contributed by atoms with E-state index in [9.17, 15) is 14.4 Å². The zero-order chi connectivity index (χ0) is 19.6. The van der Waals surface area contributed by atoms with Gasteiger partial charge >= 0.3 is 0 Å². The third-order valence-electron chi connectivity index (χ3n) is 4.36. The van der Waals surface area contributed by atoms with Crippen molar-refractivity contribution in [3.05, 3.63) is 53.1 Å². The van der Waals surface area contributed by atoms with Crippen LogP contribution in [0.25, 0.3) is 0 Å². The van der Waals surface area contributed by atoms with Crippen LogP contribution in [0.5, 0.6) is 5.75 Å². The first-order valence-corrected chi connectivity index (χ1v) is 8.61. The highest BCUT2D eigenvalue weighted by Gasteiger charge is 2.35. The summed E-state index contributed by atoms with van der Waals surface area (Å²) in [6.07, 6.45) is 0.107. The van der Waals surface area contributed by atoms with Gasteiger partial charge in [-0.25, -0.2) is 0 Å². The van der Waals surface area contributed by atoms with Crippen LogP contribution in [0.1, 0.15) is 16.8 Å². The van der Waals surface area contributed by atoms with Crippen LogP contribution in [-0.4, -0.2) is 31.4 Å². The first-order chi connectivity index (χ1) is 12.9. The van der Waals surface area contributed by atoms with Crippen molar-refractivity contribution < 1.29 is 19.1 Å². The van der Waals surface area contributed by atoms with Crippen molar-refractivity contribution in [2.24, 2.45) is 11.7 Å². The number of hydrogen-bond acceptors (Lipinski definition) is 4. The van der Waals surface area contributed by atoms with Gasteiger partial charge in [-0.1, -0.05) is 17.7 Å². The van der Waals surface area contributed by atoms with E-state index in [0.29, 0.717) is 17.1 Å². The van der Waals surface area contributed by atoms with E-state index < -0.39 is 11.8 Å². The highest BCUT2D eigenvalue weighted by atomic mass is 35.5. The van der Waals surface area contributed by atoms with E-state index in [4.69, 9.17) is 22.1 Å². The Hall–Kier alpha value is -3.06. The van der Waals surface area contributed by atoms with Gasteiger partial charge in [0.05, 0.1) is 23.6 Å². The third-order valence-corrected chi connectivity index (χ3v) is 4.68. The Kier molecular flexibility index (Phi) is 5.32. The first kappa shape index (κ1) is 18.7. The van der Waals surface area contributed by atoms with Crippen molar-refractivity contribution in [2.75, 3.05) is 23.9 Å². The lowest BCUT2D eigenvalue weighted by molar-refractivity contribution is -0.122. The Morgan fingerprint density at radius 2 is 2.04 bits per heavy atom. The summed E-state index contributed by atoms with van der Waals surface area (Å²) in [5.41, 5.74) is 6.50. The van der Waals surface area contributed by atoms with Gasteiger partial charge < -0.3 is 20.7 Å². The van der Waals surface area contributed by atoms with Crippen molar-refractivity contribution in [3.8, 4) is 5.75 Å². The molecule has 0 aromatic heterocycles. The lowest BCUT2D eigenvalue weighted by Crippen LogP contribution is -2.28.